The maximum absolute atomic E-state index is 11.1. The predicted octanol–water partition coefficient (Wildman–Crippen LogP) is 0.661. The average molecular weight is 203 g/mol. The minimum absolute atomic E-state index is 0.193. The van der Waals surface area contributed by atoms with Crippen LogP contribution < -0.4 is 5.69 Å². The molecule has 0 atom stereocenters. The molecule has 13 heavy (non-hydrogen) atoms. The molecule has 1 aromatic heterocycles. The van der Waals surface area contributed by atoms with Gasteiger partial charge in [0.1, 0.15) is 0 Å². The zero-order valence-corrected chi connectivity index (χ0v) is 8.32. The van der Waals surface area contributed by atoms with Crippen LogP contribution >= 0.6 is 12.2 Å². The topological polar surface area (TPSA) is 62.8 Å². The number of H-pyrrole nitrogens is 2. The first-order chi connectivity index (χ1) is 6.25. The van der Waals surface area contributed by atoms with Gasteiger partial charge >= 0.3 is 5.69 Å². The molecule has 2 N–H and O–H groups in total. The quantitative estimate of drug-likeness (QED) is 0.546. The summed E-state index contributed by atoms with van der Waals surface area (Å²) in [5, 5.41) is 4.99. The summed E-state index contributed by atoms with van der Waals surface area (Å²) in [5.41, 5.74) is -0.193. The van der Waals surface area contributed by atoms with Gasteiger partial charge < -0.3 is 4.74 Å². The SMILES string of the molecule is CCOCCCn1c(=O)[nH][nH]c1=S. The second-order valence-electron chi connectivity index (χ2n) is 2.56. The first kappa shape index (κ1) is 10.2. The van der Waals surface area contributed by atoms with E-state index in [-0.39, 0.29) is 5.69 Å². The summed E-state index contributed by atoms with van der Waals surface area (Å²) in [7, 11) is 0. The Hall–Kier alpha value is -0.880. The lowest BCUT2D eigenvalue weighted by atomic mass is 10.4. The highest BCUT2D eigenvalue weighted by molar-refractivity contribution is 7.71. The highest BCUT2D eigenvalue weighted by Gasteiger charge is 1.98. The van der Waals surface area contributed by atoms with Crippen molar-refractivity contribution in [3.8, 4) is 0 Å². The third kappa shape index (κ3) is 2.82. The van der Waals surface area contributed by atoms with E-state index in [1.165, 1.54) is 4.57 Å². The third-order valence-electron chi connectivity index (χ3n) is 1.64. The number of aromatic amines is 2. The lowest BCUT2D eigenvalue weighted by Gasteiger charge is -2.00. The van der Waals surface area contributed by atoms with Gasteiger partial charge in [-0.3, -0.25) is 9.67 Å². The van der Waals surface area contributed by atoms with Gasteiger partial charge in [-0.15, -0.1) is 0 Å². The Morgan fingerprint density at radius 1 is 1.54 bits per heavy atom. The summed E-state index contributed by atoms with van der Waals surface area (Å²) in [6.45, 7) is 3.89. The lowest BCUT2D eigenvalue weighted by molar-refractivity contribution is 0.141. The fourth-order valence-corrected chi connectivity index (χ4v) is 1.23. The van der Waals surface area contributed by atoms with E-state index in [1.54, 1.807) is 0 Å². The zero-order chi connectivity index (χ0) is 9.68. The number of nitrogens with zero attached hydrogens (tertiary/aromatic N) is 1. The molecule has 6 heteroatoms. The van der Waals surface area contributed by atoms with Crippen LogP contribution in [0.25, 0.3) is 0 Å². The Bertz CT molecular complexity index is 324. The van der Waals surface area contributed by atoms with Gasteiger partial charge in [-0.25, -0.2) is 9.89 Å². The Balaban J connectivity index is 2.45. The summed E-state index contributed by atoms with van der Waals surface area (Å²) in [6, 6.07) is 0. The molecule has 0 saturated heterocycles. The van der Waals surface area contributed by atoms with Crippen molar-refractivity contribution in [3.63, 3.8) is 0 Å². The first-order valence-electron chi connectivity index (χ1n) is 4.21. The van der Waals surface area contributed by atoms with Crippen molar-refractivity contribution in [3.05, 3.63) is 15.3 Å². The Kier molecular flexibility index (Phi) is 3.91. The molecule has 0 bridgehead atoms. The zero-order valence-electron chi connectivity index (χ0n) is 7.50. The summed E-state index contributed by atoms with van der Waals surface area (Å²) < 4.78 is 7.05. The highest BCUT2D eigenvalue weighted by Crippen LogP contribution is 1.88. The van der Waals surface area contributed by atoms with E-state index < -0.39 is 0 Å². The van der Waals surface area contributed by atoms with Gasteiger partial charge in [-0.1, -0.05) is 0 Å². The van der Waals surface area contributed by atoms with E-state index in [1.807, 2.05) is 6.92 Å². The van der Waals surface area contributed by atoms with Crippen LogP contribution in [0, 0.1) is 4.77 Å². The van der Waals surface area contributed by atoms with Gasteiger partial charge in [-0.2, -0.15) is 0 Å². The van der Waals surface area contributed by atoms with Crippen molar-refractivity contribution in [1.82, 2.24) is 14.8 Å². The molecule has 1 aromatic rings. The number of nitrogens with one attached hydrogen (secondary N) is 2. The summed E-state index contributed by atoms with van der Waals surface area (Å²) in [5.74, 6) is 0. The van der Waals surface area contributed by atoms with E-state index in [4.69, 9.17) is 17.0 Å². The van der Waals surface area contributed by atoms with Crippen LogP contribution in [-0.2, 0) is 11.3 Å². The molecule has 74 valence electrons. The highest BCUT2D eigenvalue weighted by atomic mass is 32.1. The molecule has 1 heterocycles. The molecular formula is C7H13N3O2S. The normalized spacial score (nSPS) is 10.5. The Morgan fingerprint density at radius 2 is 2.31 bits per heavy atom. The van der Waals surface area contributed by atoms with Crippen molar-refractivity contribution in [2.75, 3.05) is 13.2 Å². The van der Waals surface area contributed by atoms with Crippen molar-refractivity contribution in [1.29, 1.82) is 0 Å². The average Bonchev–Trinajstić information content (AvgIpc) is 2.42. The summed E-state index contributed by atoms with van der Waals surface area (Å²) in [6.07, 6.45) is 0.795. The molecule has 0 aliphatic heterocycles. The Morgan fingerprint density at radius 3 is 2.85 bits per heavy atom. The van der Waals surface area contributed by atoms with E-state index in [0.29, 0.717) is 24.5 Å². The van der Waals surface area contributed by atoms with Gasteiger partial charge in [0.05, 0.1) is 0 Å². The van der Waals surface area contributed by atoms with Crippen molar-refractivity contribution >= 4 is 12.2 Å². The fraction of sp³-hybridized carbons (Fsp3) is 0.714. The molecule has 0 aliphatic rings. The molecule has 0 amide bonds. The fourth-order valence-electron chi connectivity index (χ4n) is 1.01. The number of aromatic nitrogens is 3. The monoisotopic (exact) mass is 203 g/mol. The first-order valence-corrected chi connectivity index (χ1v) is 4.61. The molecule has 0 aromatic carbocycles. The van der Waals surface area contributed by atoms with Crippen LogP contribution in [0.1, 0.15) is 13.3 Å². The maximum Gasteiger partial charge on any atom is 0.342 e. The molecule has 0 spiro atoms. The molecule has 0 radical (unpaired) electrons. The van der Waals surface area contributed by atoms with Crippen LogP contribution in [0.5, 0.6) is 0 Å². The molecule has 0 unspecified atom stereocenters. The van der Waals surface area contributed by atoms with Crippen molar-refractivity contribution < 1.29 is 4.74 Å². The van der Waals surface area contributed by atoms with Crippen LogP contribution in [0.15, 0.2) is 4.79 Å². The maximum atomic E-state index is 11.1. The van der Waals surface area contributed by atoms with Gasteiger partial charge in [0.2, 0.25) is 0 Å². The Labute approximate surface area is 80.7 Å². The number of hydrogen-bond acceptors (Lipinski definition) is 3. The van der Waals surface area contributed by atoms with Crippen LogP contribution in [0.3, 0.4) is 0 Å². The summed E-state index contributed by atoms with van der Waals surface area (Å²) >= 11 is 4.89. The molecule has 1 rings (SSSR count). The summed E-state index contributed by atoms with van der Waals surface area (Å²) in [4.78, 5) is 11.1. The number of rotatable bonds is 5. The predicted molar refractivity (Wildman–Crippen MR) is 51.3 cm³/mol. The number of hydrogen-bond donors (Lipinski definition) is 2. The molecule has 0 saturated carbocycles. The molecule has 0 aliphatic carbocycles. The second-order valence-corrected chi connectivity index (χ2v) is 2.95. The minimum atomic E-state index is -0.193. The second kappa shape index (κ2) is 4.98. The molecular weight excluding hydrogens is 190 g/mol. The lowest BCUT2D eigenvalue weighted by Crippen LogP contribution is -2.17. The molecule has 0 fully saturated rings. The molecule has 5 nitrogen and oxygen atoms in total. The van der Waals surface area contributed by atoms with Gasteiger partial charge in [0, 0.05) is 19.8 Å². The van der Waals surface area contributed by atoms with Crippen molar-refractivity contribution in [2.45, 2.75) is 19.9 Å². The van der Waals surface area contributed by atoms with Gasteiger partial charge in [0.15, 0.2) is 4.77 Å². The van der Waals surface area contributed by atoms with Crippen LogP contribution in [0.2, 0.25) is 0 Å². The van der Waals surface area contributed by atoms with Crippen molar-refractivity contribution in [2.24, 2.45) is 0 Å². The van der Waals surface area contributed by atoms with Crippen LogP contribution in [0.4, 0.5) is 0 Å². The van der Waals surface area contributed by atoms with E-state index in [9.17, 15) is 4.79 Å². The van der Waals surface area contributed by atoms with E-state index >= 15 is 0 Å². The third-order valence-corrected chi connectivity index (χ3v) is 1.96. The minimum Gasteiger partial charge on any atom is -0.382 e. The van der Waals surface area contributed by atoms with E-state index in [2.05, 4.69) is 10.2 Å². The van der Waals surface area contributed by atoms with Gasteiger partial charge in [-0.05, 0) is 25.6 Å². The smallest absolute Gasteiger partial charge is 0.342 e. The number of ether oxygens (including phenoxy) is 1. The van der Waals surface area contributed by atoms with E-state index in [0.717, 1.165) is 6.42 Å². The largest absolute Gasteiger partial charge is 0.382 e. The standard InChI is InChI=1S/C7H13N3O2S/c1-2-12-5-3-4-10-6(11)8-9-7(10)13/h2-5H2,1H3,(H,8,11)(H,9,13). The van der Waals surface area contributed by atoms with Gasteiger partial charge in [0.25, 0.3) is 0 Å². The van der Waals surface area contributed by atoms with Crippen LogP contribution in [-0.4, -0.2) is 28.0 Å².